The Morgan fingerprint density at radius 3 is 2.83 bits per heavy atom. The first-order chi connectivity index (χ1) is 8.46. The molecule has 96 valence electrons. The van der Waals surface area contributed by atoms with Crippen LogP contribution in [-0.4, -0.2) is 25.4 Å². The molecule has 0 radical (unpaired) electrons. The highest BCUT2D eigenvalue weighted by atomic mass is 32.2. The van der Waals surface area contributed by atoms with Crippen molar-refractivity contribution >= 4 is 20.7 Å². The standard InChI is InChI=1S/C13H16N2O2S/c1-18(16,17)8-6-12(14)10-4-5-13-11(9-10)3-2-7-15-13/h2-5,7,9,12H,6,8,14H2,1H3. The van der Waals surface area contributed by atoms with Crippen LogP contribution in [0.4, 0.5) is 0 Å². The summed E-state index contributed by atoms with van der Waals surface area (Å²) in [6.45, 7) is 0. The van der Waals surface area contributed by atoms with Gasteiger partial charge in [0.05, 0.1) is 11.3 Å². The lowest BCUT2D eigenvalue weighted by molar-refractivity contribution is 0.592. The first-order valence-electron chi connectivity index (χ1n) is 5.74. The van der Waals surface area contributed by atoms with E-state index in [1.165, 1.54) is 6.26 Å². The summed E-state index contributed by atoms with van der Waals surface area (Å²) >= 11 is 0. The third-order valence-electron chi connectivity index (χ3n) is 2.85. The molecule has 0 fully saturated rings. The second-order valence-electron chi connectivity index (χ2n) is 4.48. The molecule has 18 heavy (non-hydrogen) atoms. The van der Waals surface area contributed by atoms with E-state index in [2.05, 4.69) is 4.98 Å². The van der Waals surface area contributed by atoms with Gasteiger partial charge in [-0.05, 0) is 30.2 Å². The number of benzene rings is 1. The summed E-state index contributed by atoms with van der Waals surface area (Å²) in [4.78, 5) is 4.23. The average Bonchev–Trinajstić information content (AvgIpc) is 2.34. The van der Waals surface area contributed by atoms with Crippen LogP contribution in [0.3, 0.4) is 0 Å². The number of hydrogen-bond acceptors (Lipinski definition) is 4. The molecule has 4 nitrogen and oxygen atoms in total. The molecule has 1 heterocycles. The molecule has 2 N–H and O–H groups in total. The molecule has 0 aliphatic heterocycles. The maximum atomic E-state index is 11.1. The largest absolute Gasteiger partial charge is 0.324 e. The maximum absolute atomic E-state index is 11.1. The van der Waals surface area contributed by atoms with Gasteiger partial charge in [0.1, 0.15) is 9.84 Å². The summed E-state index contributed by atoms with van der Waals surface area (Å²) in [5.74, 6) is 0.110. The van der Waals surface area contributed by atoms with Crippen LogP contribution in [0.15, 0.2) is 36.5 Å². The number of nitrogens with zero attached hydrogens (tertiary/aromatic N) is 1. The van der Waals surface area contributed by atoms with Crippen molar-refractivity contribution in [2.75, 3.05) is 12.0 Å². The molecule has 1 aromatic carbocycles. The van der Waals surface area contributed by atoms with E-state index in [4.69, 9.17) is 5.73 Å². The van der Waals surface area contributed by atoms with Crippen LogP contribution in [-0.2, 0) is 9.84 Å². The molecular formula is C13H16N2O2S. The number of sulfone groups is 1. The average molecular weight is 264 g/mol. The zero-order chi connectivity index (χ0) is 13.2. The van der Waals surface area contributed by atoms with Gasteiger partial charge in [0.15, 0.2) is 0 Å². The van der Waals surface area contributed by atoms with Gasteiger partial charge in [-0.3, -0.25) is 4.98 Å². The van der Waals surface area contributed by atoms with Crippen LogP contribution in [0.2, 0.25) is 0 Å². The summed E-state index contributed by atoms with van der Waals surface area (Å²) in [6.07, 6.45) is 3.40. The Hall–Kier alpha value is -1.46. The van der Waals surface area contributed by atoms with E-state index in [1.807, 2.05) is 30.3 Å². The van der Waals surface area contributed by atoms with Gasteiger partial charge in [-0.1, -0.05) is 12.1 Å². The van der Waals surface area contributed by atoms with Gasteiger partial charge >= 0.3 is 0 Å². The minimum Gasteiger partial charge on any atom is -0.324 e. The topological polar surface area (TPSA) is 73.0 Å². The van der Waals surface area contributed by atoms with Crippen molar-refractivity contribution in [1.82, 2.24) is 4.98 Å². The summed E-state index contributed by atoms with van der Waals surface area (Å²) in [5.41, 5.74) is 7.87. The van der Waals surface area contributed by atoms with Crippen LogP contribution in [0.5, 0.6) is 0 Å². The molecule has 0 aliphatic carbocycles. The number of pyridine rings is 1. The van der Waals surface area contributed by atoms with Crippen molar-refractivity contribution in [2.45, 2.75) is 12.5 Å². The monoisotopic (exact) mass is 264 g/mol. The minimum atomic E-state index is -2.96. The molecule has 0 saturated heterocycles. The number of rotatable bonds is 4. The van der Waals surface area contributed by atoms with Gasteiger partial charge in [0.25, 0.3) is 0 Å². The van der Waals surface area contributed by atoms with Crippen molar-refractivity contribution in [2.24, 2.45) is 5.73 Å². The molecule has 0 aliphatic rings. The molecule has 0 spiro atoms. The van der Waals surface area contributed by atoms with Gasteiger partial charge in [0.2, 0.25) is 0 Å². The van der Waals surface area contributed by atoms with Crippen molar-refractivity contribution in [1.29, 1.82) is 0 Å². The fourth-order valence-electron chi connectivity index (χ4n) is 1.83. The van der Waals surface area contributed by atoms with E-state index in [1.54, 1.807) is 6.20 Å². The van der Waals surface area contributed by atoms with Crippen LogP contribution in [0.25, 0.3) is 10.9 Å². The highest BCUT2D eigenvalue weighted by molar-refractivity contribution is 7.90. The maximum Gasteiger partial charge on any atom is 0.147 e. The molecule has 2 rings (SSSR count). The fourth-order valence-corrected chi connectivity index (χ4v) is 2.51. The number of hydrogen-bond donors (Lipinski definition) is 1. The molecule has 2 aromatic rings. The van der Waals surface area contributed by atoms with Crippen molar-refractivity contribution < 1.29 is 8.42 Å². The second kappa shape index (κ2) is 5.04. The van der Waals surface area contributed by atoms with Crippen LogP contribution >= 0.6 is 0 Å². The molecule has 1 unspecified atom stereocenters. The Morgan fingerprint density at radius 2 is 2.11 bits per heavy atom. The number of fused-ring (bicyclic) bond motifs is 1. The van der Waals surface area contributed by atoms with Crippen LogP contribution in [0, 0.1) is 0 Å². The summed E-state index contributed by atoms with van der Waals surface area (Å²) in [7, 11) is -2.96. The lowest BCUT2D eigenvalue weighted by Crippen LogP contribution is -2.15. The van der Waals surface area contributed by atoms with Crippen molar-refractivity contribution in [3.63, 3.8) is 0 Å². The summed E-state index contributed by atoms with van der Waals surface area (Å²) < 4.78 is 22.2. The Balaban J connectivity index is 2.20. The van der Waals surface area contributed by atoms with Crippen molar-refractivity contribution in [3.8, 4) is 0 Å². The summed E-state index contributed by atoms with van der Waals surface area (Å²) in [6, 6.07) is 9.36. The first-order valence-corrected chi connectivity index (χ1v) is 7.80. The Bertz CT molecular complexity index is 653. The van der Waals surface area contributed by atoms with Gasteiger partial charge in [-0.15, -0.1) is 0 Å². The van der Waals surface area contributed by atoms with E-state index >= 15 is 0 Å². The normalized spacial score (nSPS) is 13.7. The highest BCUT2D eigenvalue weighted by Gasteiger charge is 2.10. The van der Waals surface area contributed by atoms with E-state index in [0.29, 0.717) is 6.42 Å². The zero-order valence-corrected chi connectivity index (χ0v) is 11.0. The summed E-state index contributed by atoms with van der Waals surface area (Å²) in [5, 5.41) is 1.02. The third-order valence-corrected chi connectivity index (χ3v) is 3.83. The van der Waals surface area contributed by atoms with E-state index in [-0.39, 0.29) is 11.8 Å². The van der Waals surface area contributed by atoms with Gasteiger partial charge in [-0.25, -0.2) is 8.42 Å². The SMILES string of the molecule is CS(=O)(=O)CCC(N)c1ccc2ncccc2c1. The van der Waals surface area contributed by atoms with Gasteiger partial charge in [-0.2, -0.15) is 0 Å². The Kier molecular flexibility index (Phi) is 3.63. The number of nitrogens with two attached hydrogens (primary N) is 1. The number of aromatic nitrogens is 1. The lowest BCUT2D eigenvalue weighted by atomic mass is 10.0. The molecule has 5 heteroatoms. The molecule has 1 aromatic heterocycles. The molecule has 1 atom stereocenters. The zero-order valence-electron chi connectivity index (χ0n) is 10.2. The van der Waals surface area contributed by atoms with E-state index in [9.17, 15) is 8.42 Å². The fraction of sp³-hybridized carbons (Fsp3) is 0.308. The third kappa shape index (κ3) is 3.27. The van der Waals surface area contributed by atoms with Gasteiger partial charge < -0.3 is 5.73 Å². The Morgan fingerprint density at radius 1 is 1.33 bits per heavy atom. The van der Waals surface area contributed by atoms with Crippen LogP contribution < -0.4 is 5.73 Å². The smallest absolute Gasteiger partial charge is 0.147 e. The highest BCUT2D eigenvalue weighted by Crippen LogP contribution is 2.20. The molecular weight excluding hydrogens is 248 g/mol. The van der Waals surface area contributed by atoms with Gasteiger partial charge in [0, 0.05) is 23.9 Å². The second-order valence-corrected chi connectivity index (χ2v) is 6.74. The lowest BCUT2D eigenvalue weighted by Gasteiger charge is -2.12. The molecule has 0 bridgehead atoms. The minimum absolute atomic E-state index is 0.110. The van der Waals surface area contributed by atoms with Crippen LogP contribution in [0.1, 0.15) is 18.0 Å². The van der Waals surface area contributed by atoms with E-state index in [0.717, 1.165) is 16.5 Å². The first kappa shape index (κ1) is 13.0. The quantitative estimate of drug-likeness (QED) is 0.911. The molecule has 0 amide bonds. The van der Waals surface area contributed by atoms with E-state index < -0.39 is 9.84 Å². The van der Waals surface area contributed by atoms with Crippen molar-refractivity contribution in [3.05, 3.63) is 42.1 Å². The predicted molar refractivity (Wildman–Crippen MR) is 73.0 cm³/mol. The molecule has 0 saturated carbocycles. The Labute approximate surface area is 107 Å². The predicted octanol–water partition coefficient (Wildman–Crippen LogP) is 1.67.